The number of nitrogens with zero attached hydrogens (tertiary/aromatic N) is 8. The lowest BCUT2D eigenvalue weighted by molar-refractivity contribution is 0.0713. The first kappa shape index (κ1) is 28.4. The average Bonchev–Trinajstić information content (AvgIpc) is 3.61. The number of ether oxygens (including phenoxy) is 1. The van der Waals surface area contributed by atoms with Crippen LogP contribution in [0.15, 0.2) is 30.6 Å². The Hall–Kier alpha value is -4.13. The number of hydrogen-bond donors (Lipinski definition) is 1. The van der Waals surface area contributed by atoms with Crippen LogP contribution in [0.4, 0.5) is 10.2 Å². The number of carbonyl (C=O) groups excluding carboxylic acids is 2. The number of benzene rings is 1. The van der Waals surface area contributed by atoms with Crippen LogP contribution in [-0.2, 0) is 13.6 Å². The van der Waals surface area contributed by atoms with Crippen LogP contribution >= 0.6 is 0 Å². The summed E-state index contributed by atoms with van der Waals surface area (Å²) in [5.74, 6) is -0.106. The van der Waals surface area contributed by atoms with E-state index in [0.29, 0.717) is 30.5 Å². The third kappa shape index (κ3) is 5.45. The summed E-state index contributed by atoms with van der Waals surface area (Å²) in [5, 5.41) is 12.5. The van der Waals surface area contributed by atoms with Gasteiger partial charge in [0.1, 0.15) is 23.6 Å². The fourth-order valence-corrected chi connectivity index (χ4v) is 5.76. The van der Waals surface area contributed by atoms with Crippen molar-refractivity contribution in [2.45, 2.75) is 51.7 Å². The molecule has 5 rings (SSSR count). The minimum absolute atomic E-state index is 0.0272. The van der Waals surface area contributed by atoms with Crippen LogP contribution < -0.4 is 15.4 Å². The Morgan fingerprint density at radius 1 is 1.24 bits per heavy atom. The summed E-state index contributed by atoms with van der Waals surface area (Å²) in [7, 11) is 3.80. The number of halogens is 1. The average molecular weight is 566 g/mol. The molecule has 3 heterocycles. The lowest BCUT2D eigenvalue weighted by Gasteiger charge is -2.47. The first-order valence-corrected chi connectivity index (χ1v) is 13.8. The molecule has 12 nitrogen and oxygen atoms in total. The van der Waals surface area contributed by atoms with Crippen LogP contribution in [0.3, 0.4) is 0 Å². The highest BCUT2D eigenvalue weighted by Crippen LogP contribution is 2.52. The fraction of sp³-hybridized carbons (Fsp3) is 0.500. The van der Waals surface area contributed by atoms with E-state index in [-0.39, 0.29) is 34.7 Å². The summed E-state index contributed by atoms with van der Waals surface area (Å²) in [6.07, 6.45) is 3.49. The highest BCUT2D eigenvalue weighted by molar-refractivity contribution is 5.97. The summed E-state index contributed by atoms with van der Waals surface area (Å²) in [5.41, 5.74) is 6.77. The Labute approximate surface area is 238 Å². The molecule has 0 spiro atoms. The van der Waals surface area contributed by atoms with Crippen molar-refractivity contribution in [3.05, 3.63) is 53.4 Å². The predicted molar refractivity (Wildman–Crippen MR) is 149 cm³/mol. The van der Waals surface area contributed by atoms with E-state index in [2.05, 4.69) is 37.1 Å². The van der Waals surface area contributed by atoms with Gasteiger partial charge in [0.2, 0.25) is 0 Å². The monoisotopic (exact) mass is 565 g/mol. The van der Waals surface area contributed by atoms with Crippen LogP contribution in [-0.4, -0.2) is 84.8 Å². The van der Waals surface area contributed by atoms with E-state index < -0.39 is 11.7 Å². The molecule has 1 saturated carbocycles. The maximum atomic E-state index is 14.2. The Kier molecular flexibility index (Phi) is 7.64. The predicted octanol–water partition coefficient (Wildman–Crippen LogP) is 2.61. The minimum atomic E-state index is -0.529. The molecule has 218 valence electrons. The molecule has 2 aliphatic rings. The maximum Gasteiger partial charge on any atom is 0.282 e. The molecular weight excluding hydrogens is 529 g/mol. The van der Waals surface area contributed by atoms with Gasteiger partial charge in [-0.05, 0) is 64.9 Å². The topological polar surface area (TPSA) is 136 Å². The third-order valence-electron chi connectivity index (χ3n) is 8.22. The van der Waals surface area contributed by atoms with E-state index in [1.165, 1.54) is 29.2 Å². The van der Waals surface area contributed by atoms with Crippen molar-refractivity contribution in [1.29, 1.82) is 0 Å². The van der Waals surface area contributed by atoms with E-state index in [1.807, 2.05) is 20.8 Å². The van der Waals surface area contributed by atoms with E-state index in [4.69, 9.17) is 10.5 Å². The molecule has 2 amide bonds. The number of primary amides is 1. The highest BCUT2D eigenvalue weighted by Gasteiger charge is 2.56. The van der Waals surface area contributed by atoms with Gasteiger partial charge in [-0.25, -0.2) is 9.37 Å². The summed E-state index contributed by atoms with van der Waals surface area (Å²) >= 11 is 0. The molecule has 2 fully saturated rings. The zero-order valence-corrected chi connectivity index (χ0v) is 24.0. The second-order valence-corrected chi connectivity index (χ2v) is 11.1. The normalized spacial score (nSPS) is 16.1. The highest BCUT2D eigenvalue weighted by atomic mass is 19.1. The second-order valence-electron chi connectivity index (χ2n) is 11.1. The summed E-state index contributed by atoms with van der Waals surface area (Å²) in [4.78, 5) is 35.3. The summed E-state index contributed by atoms with van der Waals surface area (Å²) in [6, 6.07) is 5.55. The van der Waals surface area contributed by atoms with Crippen molar-refractivity contribution in [1.82, 2.24) is 34.8 Å². The van der Waals surface area contributed by atoms with Gasteiger partial charge < -0.3 is 20.3 Å². The molecule has 0 bridgehead atoms. The third-order valence-corrected chi connectivity index (χ3v) is 8.22. The number of aromatic nitrogens is 5. The Morgan fingerprint density at radius 2 is 1.98 bits per heavy atom. The number of rotatable bonds is 11. The van der Waals surface area contributed by atoms with Gasteiger partial charge in [-0.2, -0.15) is 5.10 Å². The van der Waals surface area contributed by atoms with Gasteiger partial charge in [0.15, 0.2) is 5.82 Å². The minimum Gasteiger partial charge on any atom is -0.434 e. The standard InChI is InChI=1S/C28H36FN9O3/c1-6-38(17(2)3)27(40)21-11-19(29)7-8-23(21)41-26-25(31-16-32-33-26)37-13-18(14-37)28(9-10-28)35(4)15-20-12-22(24(30)39)36(5)34-20/h7-8,11-12,16-18H,6,9-10,13-15H2,1-5H3,(H2,30,39). The molecule has 3 aromatic rings. The van der Waals surface area contributed by atoms with Gasteiger partial charge in [0, 0.05) is 50.7 Å². The number of carbonyl (C=O) groups is 2. The maximum absolute atomic E-state index is 14.2. The largest absolute Gasteiger partial charge is 0.434 e. The zero-order valence-electron chi connectivity index (χ0n) is 24.0. The van der Waals surface area contributed by atoms with Gasteiger partial charge in [-0.3, -0.25) is 19.2 Å². The molecule has 1 saturated heterocycles. The van der Waals surface area contributed by atoms with Crippen molar-refractivity contribution >= 4 is 17.6 Å². The second kappa shape index (κ2) is 11.0. The Morgan fingerprint density at radius 3 is 2.59 bits per heavy atom. The van der Waals surface area contributed by atoms with E-state index in [1.54, 1.807) is 18.0 Å². The van der Waals surface area contributed by atoms with Crippen LogP contribution in [0.2, 0.25) is 0 Å². The van der Waals surface area contributed by atoms with Gasteiger partial charge in [0.05, 0.1) is 11.3 Å². The lowest BCUT2D eigenvalue weighted by atomic mass is 9.88. The molecule has 41 heavy (non-hydrogen) atoms. The summed E-state index contributed by atoms with van der Waals surface area (Å²) in [6.45, 7) is 8.24. The first-order valence-electron chi connectivity index (χ1n) is 13.8. The zero-order chi connectivity index (χ0) is 29.5. The molecule has 2 N–H and O–H groups in total. The molecule has 0 unspecified atom stereocenters. The number of amides is 2. The molecule has 0 radical (unpaired) electrons. The number of aryl methyl sites for hydroxylation is 1. The fourth-order valence-electron chi connectivity index (χ4n) is 5.76. The molecule has 0 atom stereocenters. The van der Waals surface area contributed by atoms with E-state index in [0.717, 1.165) is 31.6 Å². The van der Waals surface area contributed by atoms with Crippen molar-refractivity contribution in [2.24, 2.45) is 18.7 Å². The summed E-state index contributed by atoms with van der Waals surface area (Å²) < 4.78 is 21.8. The molecule has 1 aliphatic carbocycles. The number of nitrogens with two attached hydrogens (primary N) is 1. The van der Waals surface area contributed by atoms with Gasteiger partial charge in [-0.1, -0.05) is 0 Å². The van der Waals surface area contributed by atoms with Crippen molar-refractivity contribution < 1.29 is 18.7 Å². The number of hydrogen-bond acceptors (Lipinski definition) is 9. The van der Waals surface area contributed by atoms with Crippen LogP contribution in [0.5, 0.6) is 11.6 Å². The SMILES string of the molecule is CCN(C(=O)c1cc(F)ccc1Oc1nncnc1N1CC(C2(N(C)Cc3cc(C(N)=O)n(C)n3)CC2)C1)C(C)C. The van der Waals surface area contributed by atoms with Gasteiger partial charge in [0.25, 0.3) is 17.7 Å². The van der Waals surface area contributed by atoms with Crippen LogP contribution in [0.1, 0.15) is 60.2 Å². The molecule has 2 aromatic heterocycles. The lowest BCUT2D eigenvalue weighted by Crippen LogP contribution is -2.57. The smallest absolute Gasteiger partial charge is 0.282 e. The van der Waals surface area contributed by atoms with E-state index in [9.17, 15) is 14.0 Å². The van der Waals surface area contributed by atoms with Crippen molar-refractivity contribution in [3.63, 3.8) is 0 Å². The van der Waals surface area contributed by atoms with Gasteiger partial charge in [-0.15, -0.1) is 10.2 Å². The molecular formula is C28H36FN9O3. The molecule has 1 aromatic carbocycles. The van der Waals surface area contributed by atoms with E-state index >= 15 is 0 Å². The van der Waals surface area contributed by atoms with Gasteiger partial charge >= 0.3 is 0 Å². The molecule has 13 heteroatoms. The Bertz CT molecular complexity index is 1450. The van der Waals surface area contributed by atoms with Crippen molar-refractivity contribution in [3.8, 4) is 11.6 Å². The number of anilines is 1. The van der Waals surface area contributed by atoms with Crippen molar-refractivity contribution in [2.75, 3.05) is 31.6 Å². The quantitative estimate of drug-likeness (QED) is 0.372. The Balaban J connectivity index is 1.30. The van der Waals surface area contributed by atoms with Crippen LogP contribution in [0, 0.1) is 11.7 Å². The molecule has 1 aliphatic heterocycles. The first-order chi connectivity index (χ1) is 19.5. The van der Waals surface area contributed by atoms with Crippen LogP contribution in [0.25, 0.3) is 0 Å².